The molecular formula is C13H18O2. The third-order valence-electron chi connectivity index (χ3n) is 2.86. The van der Waals surface area contributed by atoms with Gasteiger partial charge in [-0.05, 0) is 49.4 Å². The zero-order valence-corrected chi connectivity index (χ0v) is 9.45. The third-order valence-corrected chi connectivity index (χ3v) is 2.86. The number of hydrogen-bond donors (Lipinski definition) is 0. The monoisotopic (exact) mass is 206 g/mol. The van der Waals surface area contributed by atoms with Crippen molar-refractivity contribution in [2.24, 2.45) is 0 Å². The van der Waals surface area contributed by atoms with Crippen LogP contribution in [0.15, 0.2) is 18.2 Å². The SMILES string of the molecule is COc1cc(C)cc(C2CCCCO2)c1. The largest absolute Gasteiger partial charge is 0.497 e. The van der Waals surface area contributed by atoms with Crippen LogP contribution in [0.5, 0.6) is 5.75 Å². The van der Waals surface area contributed by atoms with Crippen LogP contribution in [0.3, 0.4) is 0 Å². The number of methoxy groups -OCH3 is 1. The molecule has 1 aromatic carbocycles. The first-order valence-electron chi connectivity index (χ1n) is 5.57. The summed E-state index contributed by atoms with van der Waals surface area (Å²) >= 11 is 0. The van der Waals surface area contributed by atoms with Gasteiger partial charge in [-0.15, -0.1) is 0 Å². The standard InChI is InChI=1S/C13H18O2/c1-10-7-11(9-12(8-10)14-2)13-5-3-4-6-15-13/h7-9,13H,3-6H2,1-2H3. The smallest absolute Gasteiger partial charge is 0.119 e. The van der Waals surface area contributed by atoms with Crippen molar-refractivity contribution in [3.8, 4) is 5.75 Å². The van der Waals surface area contributed by atoms with Gasteiger partial charge in [-0.25, -0.2) is 0 Å². The van der Waals surface area contributed by atoms with Crippen LogP contribution < -0.4 is 4.74 Å². The molecule has 1 unspecified atom stereocenters. The highest BCUT2D eigenvalue weighted by atomic mass is 16.5. The van der Waals surface area contributed by atoms with Crippen LogP contribution in [-0.4, -0.2) is 13.7 Å². The molecule has 0 amide bonds. The first kappa shape index (κ1) is 10.5. The van der Waals surface area contributed by atoms with Crippen LogP contribution >= 0.6 is 0 Å². The normalized spacial score (nSPS) is 21.3. The molecule has 1 atom stereocenters. The van der Waals surface area contributed by atoms with Crippen molar-refractivity contribution in [1.82, 2.24) is 0 Å². The van der Waals surface area contributed by atoms with Gasteiger partial charge in [0.05, 0.1) is 13.2 Å². The van der Waals surface area contributed by atoms with E-state index in [9.17, 15) is 0 Å². The number of aryl methyl sites for hydroxylation is 1. The maximum Gasteiger partial charge on any atom is 0.119 e. The molecule has 0 N–H and O–H groups in total. The van der Waals surface area contributed by atoms with Crippen LogP contribution in [0.2, 0.25) is 0 Å². The number of hydrogen-bond acceptors (Lipinski definition) is 2. The zero-order chi connectivity index (χ0) is 10.7. The molecular weight excluding hydrogens is 188 g/mol. The molecule has 82 valence electrons. The molecule has 1 aromatic rings. The van der Waals surface area contributed by atoms with Gasteiger partial charge in [0.25, 0.3) is 0 Å². The number of ether oxygens (including phenoxy) is 2. The lowest BCUT2D eigenvalue weighted by Crippen LogP contribution is -2.11. The molecule has 1 aliphatic rings. The summed E-state index contributed by atoms with van der Waals surface area (Å²) in [7, 11) is 1.71. The van der Waals surface area contributed by atoms with Crippen LogP contribution in [0.1, 0.15) is 36.5 Å². The van der Waals surface area contributed by atoms with Gasteiger partial charge < -0.3 is 9.47 Å². The van der Waals surface area contributed by atoms with Gasteiger partial charge in [0.15, 0.2) is 0 Å². The molecule has 15 heavy (non-hydrogen) atoms. The lowest BCUT2D eigenvalue weighted by Gasteiger charge is -2.23. The maximum absolute atomic E-state index is 5.76. The Morgan fingerprint density at radius 3 is 2.80 bits per heavy atom. The minimum atomic E-state index is 0.271. The summed E-state index contributed by atoms with van der Waals surface area (Å²) in [5.41, 5.74) is 2.49. The van der Waals surface area contributed by atoms with E-state index in [-0.39, 0.29) is 6.10 Å². The molecule has 2 rings (SSSR count). The average Bonchev–Trinajstić information content (AvgIpc) is 2.29. The molecule has 0 aromatic heterocycles. The zero-order valence-electron chi connectivity index (χ0n) is 9.45. The second-order valence-electron chi connectivity index (χ2n) is 4.14. The van der Waals surface area contributed by atoms with Crippen molar-refractivity contribution in [2.75, 3.05) is 13.7 Å². The molecule has 1 aliphatic heterocycles. The summed E-state index contributed by atoms with van der Waals surface area (Å²) in [5, 5.41) is 0. The quantitative estimate of drug-likeness (QED) is 0.739. The Kier molecular flexibility index (Phi) is 3.27. The van der Waals surface area contributed by atoms with Gasteiger partial charge in [-0.2, -0.15) is 0 Å². The molecule has 0 radical (unpaired) electrons. The Labute approximate surface area is 91.2 Å². The predicted octanol–water partition coefficient (Wildman–Crippen LogP) is 3.25. The topological polar surface area (TPSA) is 18.5 Å². The molecule has 0 bridgehead atoms. The molecule has 1 saturated heterocycles. The van der Waals surface area contributed by atoms with Crippen molar-refractivity contribution in [1.29, 1.82) is 0 Å². The van der Waals surface area contributed by atoms with E-state index in [2.05, 4.69) is 19.1 Å². The van der Waals surface area contributed by atoms with Crippen LogP contribution in [-0.2, 0) is 4.74 Å². The van der Waals surface area contributed by atoms with Crippen molar-refractivity contribution in [3.63, 3.8) is 0 Å². The van der Waals surface area contributed by atoms with E-state index in [1.807, 2.05) is 6.07 Å². The molecule has 0 saturated carbocycles. The summed E-state index contributed by atoms with van der Waals surface area (Å²) in [4.78, 5) is 0. The summed E-state index contributed by atoms with van der Waals surface area (Å²) < 4.78 is 11.0. The summed E-state index contributed by atoms with van der Waals surface area (Å²) in [5.74, 6) is 0.930. The highest BCUT2D eigenvalue weighted by Crippen LogP contribution is 2.30. The van der Waals surface area contributed by atoms with Gasteiger partial charge in [0.2, 0.25) is 0 Å². The van der Waals surface area contributed by atoms with Crippen molar-refractivity contribution < 1.29 is 9.47 Å². The number of benzene rings is 1. The predicted molar refractivity (Wildman–Crippen MR) is 60.3 cm³/mol. The van der Waals surface area contributed by atoms with Crippen molar-refractivity contribution in [2.45, 2.75) is 32.3 Å². The summed E-state index contributed by atoms with van der Waals surface area (Å²) in [6.07, 6.45) is 3.86. The highest BCUT2D eigenvalue weighted by Gasteiger charge is 2.16. The van der Waals surface area contributed by atoms with Crippen molar-refractivity contribution in [3.05, 3.63) is 29.3 Å². The van der Waals surface area contributed by atoms with Crippen LogP contribution in [0, 0.1) is 6.92 Å². The van der Waals surface area contributed by atoms with E-state index in [0.29, 0.717) is 0 Å². The Morgan fingerprint density at radius 2 is 2.13 bits per heavy atom. The van der Waals surface area contributed by atoms with Gasteiger partial charge in [-0.1, -0.05) is 6.07 Å². The highest BCUT2D eigenvalue weighted by molar-refractivity contribution is 5.35. The fourth-order valence-corrected chi connectivity index (χ4v) is 2.08. The Morgan fingerprint density at radius 1 is 1.27 bits per heavy atom. The Bertz CT molecular complexity index is 327. The van der Waals surface area contributed by atoms with E-state index >= 15 is 0 Å². The first-order valence-corrected chi connectivity index (χ1v) is 5.57. The Balaban J connectivity index is 2.22. The van der Waals surface area contributed by atoms with Gasteiger partial charge in [-0.3, -0.25) is 0 Å². The minimum Gasteiger partial charge on any atom is -0.497 e. The van der Waals surface area contributed by atoms with Gasteiger partial charge in [0.1, 0.15) is 5.75 Å². The van der Waals surface area contributed by atoms with Gasteiger partial charge in [0, 0.05) is 6.61 Å². The van der Waals surface area contributed by atoms with E-state index in [0.717, 1.165) is 18.8 Å². The third kappa shape index (κ3) is 2.51. The second kappa shape index (κ2) is 4.67. The summed E-state index contributed by atoms with van der Waals surface area (Å²) in [6.45, 7) is 2.98. The minimum absolute atomic E-state index is 0.271. The first-order chi connectivity index (χ1) is 7.29. The number of rotatable bonds is 2. The summed E-state index contributed by atoms with van der Waals surface area (Å²) in [6, 6.07) is 6.33. The van der Waals surface area contributed by atoms with Crippen molar-refractivity contribution >= 4 is 0 Å². The lowest BCUT2D eigenvalue weighted by atomic mass is 9.99. The second-order valence-corrected chi connectivity index (χ2v) is 4.14. The molecule has 1 fully saturated rings. The van der Waals surface area contributed by atoms with Crippen LogP contribution in [0.25, 0.3) is 0 Å². The molecule has 0 aliphatic carbocycles. The van der Waals surface area contributed by atoms with Gasteiger partial charge >= 0.3 is 0 Å². The van der Waals surface area contributed by atoms with E-state index in [1.54, 1.807) is 7.11 Å². The fraction of sp³-hybridized carbons (Fsp3) is 0.538. The maximum atomic E-state index is 5.76. The van der Waals surface area contributed by atoms with E-state index in [1.165, 1.54) is 24.0 Å². The molecule has 0 spiro atoms. The lowest BCUT2D eigenvalue weighted by molar-refractivity contribution is 0.0148. The molecule has 2 nitrogen and oxygen atoms in total. The Hall–Kier alpha value is -1.02. The van der Waals surface area contributed by atoms with Crippen LogP contribution in [0.4, 0.5) is 0 Å². The molecule has 1 heterocycles. The average molecular weight is 206 g/mol. The molecule has 2 heteroatoms. The fourth-order valence-electron chi connectivity index (χ4n) is 2.08. The van der Waals surface area contributed by atoms with E-state index in [4.69, 9.17) is 9.47 Å². The van der Waals surface area contributed by atoms with E-state index < -0.39 is 0 Å².